The molecular weight excluding hydrogens is 323 g/mol. The number of hydrogen-bond acceptors (Lipinski definition) is 3. The van der Waals surface area contributed by atoms with Gasteiger partial charge in [-0.3, -0.25) is 4.79 Å². The van der Waals surface area contributed by atoms with E-state index in [4.69, 9.17) is 11.6 Å². The predicted molar refractivity (Wildman–Crippen MR) is 91.3 cm³/mol. The highest BCUT2D eigenvalue weighted by molar-refractivity contribution is 6.30. The van der Waals surface area contributed by atoms with Crippen LogP contribution >= 0.6 is 24.0 Å². The fourth-order valence-electron chi connectivity index (χ4n) is 1.86. The molecule has 1 aromatic heterocycles. The molecule has 2 rings (SSSR count). The average Bonchev–Trinajstić information content (AvgIpc) is 2.97. The van der Waals surface area contributed by atoms with E-state index in [1.54, 1.807) is 29.1 Å². The van der Waals surface area contributed by atoms with Crippen molar-refractivity contribution in [3.8, 4) is 5.69 Å². The molecule has 2 aromatic rings. The zero-order chi connectivity index (χ0) is 15.1. The van der Waals surface area contributed by atoms with Gasteiger partial charge in [0.25, 0.3) is 5.91 Å². The number of rotatable bonds is 7. The lowest BCUT2D eigenvalue weighted by molar-refractivity contribution is 0.0948. The number of hydrogen-bond donors (Lipinski definition) is 2. The zero-order valence-electron chi connectivity index (χ0n) is 12.4. The second-order valence-corrected chi connectivity index (χ2v) is 5.07. The number of benzene rings is 1. The Bertz CT molecular complexity index is 601. The van der Waals surface area contributed by atoms with Crippen LogP contribution in [0.25, 0.3) is 5.69 Å². The molecule has 5 nitrogen and oxygen atoms in total. The van der Waals surface area contributed by atoms with E-state index in [1.807, 2.05) is 12.1 Å². The van der Waals surface area contributed by atoms with E-state index < -0.39 is 0 Å². The third-order valence-corrected chi connectivity index (χ3v) is 3.14. The lowest BCUT2D eigenvalue weighted by atomic mass is 10.3. The van der Waals surface area contributed by atoms with Gasteiger partial charge in [-0.2, -0.15) is 5.10 Å². The summed E-state index contributed by atoms with van der Waals surface area (Å²) < 4.78 is 1.64. The molecule has 22 heavy (non-hydrogen) atoms. The highest BCUT2D eigenvalue weighted by atomic mass is 35.5. The fourth-order valence-corrected chi connectivity index (χ4v) is 2.05. The van der Waals surface area contributed by atoms with Crippen LogP contribution in [-0.4, -0.2) is 35.3 Å². The van der Waals surface area contributed by atoms with Crippen molar-refractivity contribution in [2.24, 2.45) is 0 Å². The summed E-state index contributed by atoms with van der Waals surface area (Å²) in [6.45, 7) is 4.41. The van der Waals surface area contributed by atoms with Crippen LogP contribution in [0.1, 0.15) is 23.8 Å². The van der Waals surface area contributed by atoms with Gasteiger partial charge in [0.2, 0.25) is 0 Å². The molecule has 0 saturated heterocycles. The molecule has 2 N–H and O–H groups in total. The van der Waals surface area contributed by atoms with Gasteiger partial charge in [0.1, 0.15) is 0 Å². The summed E-state index contributed by atoms with van der Waals surface area (Å²) in [4.78, 5) is 11.9. The Morgan fingerprint density at radius 2 is 2.09 bits per heavy atom. The van der Waals surface area contributed by atoms with Gasteiger partial charge in [-0.1, -0.05) is 24.6 Å². The molecule has 7 heteroatoms. The molecule has 0 aliphatic rings. The van der Waals surface area contributed by atoms with Gasteiger partial charge in [0, 0.05) is 24.3 Å². The van der Waals surface area contributed by atoms with E-state index in [1.165, 1.54) is 0 Å². The first-order chi connectivity index (χ1) is 10.2. The number of aromatic nitrogens is 2. The SMILES string of the molecule is CCCNCCNC(=O)c1ccn(-c2cccc(Cl)c2)n1.Cl. The maximum absolute atomic E-state index is 11.9. The number of carbonyl (C=O) groups is 1. The Kier molecular flexibility index (Phi) is 7.95. The van der Waals surface area contributed by atoms with Crippen LogP contribution < -0.4 is 10.6 Å². The lowest BCUT2D eigenvalue weighted by Crippen LogP contribution is -2.32. The third-order valence-electron chi connectivity index (χ3n) is 2.91. The van der Waals surface area contributed by atoms with Crippen molar-refractivity contribution in [3.63, 3.8) is 0 Å². The van der Waals surface area contributed by atoms with Crippen LogP contribution in [0, 0.1) is 0 Å². The van der Waals surface area contributed by atoms with Gasteiger partial charge in [-0.25, -0.2) is 4.68 Å². The number of amides is 1. The summed E-state index contributed by atoms with van der Waals surface area (Å²) in [7, 11) is 0. The van der Waals surface area contributed by atoms with Crippen molar-refractivity contribution in [1.82, 2.24) is 20.4 Å². The lowest BCUT2D eigenvalue weighted by Gasteiger charge is -2.04. The summed E-state index contributed by atoms with van der Waals surface area (Å²) >= 11 is 5.95. The molecule has 0 saturated carbocycles. The maximum Gasteiger partial charge on any atom is 0.271 e. The second kappa shape index (κ2) is 9.46. The topological polar surface area (TPSA) is 58.9 Å². The first-order valence-electron chi connectivity index (χ1n) is 7.01. The van der Waals surface area contributed by atoms with Gasteiger partial charge in [-0.15, -0.1) is 12.4 Å². The van der Waals surface area contributed by atoms with Crippen LogP contribution in [0.3, 0.4) is 0 Å². The Morgan fingerprint density at radius 3 is 2.82 bits per heavy atom. The number of nitrogens with zero attached hydrogens (tertiary/aromatic N) is 2. The predicted octanol–water partition coefficient (Wildman–Crippen LogP) is 2.68. The molecule has 0 unspecified atom stereocenters. The zero-order valence-corrected chi connectivity index (χ0v) is 14.0. The Morgan fingerprint density at radius 1 is 1.27 bits per heavy atom. The minimum absolute atomic E-state index is 0. The van der Waals surface area contributed by atoms with Crippen LogP contribution in [0.5, 0.6) is 0 Å². The molecule has 0 bridgehead atoms. The standard InChI is InChI=1S/C15H19ClN4O.ClH/c1-2-7-17-8-9-18-15(21)14-6-10-20(19-14)13-5-3-4-12(16)11-13;/h3-6,10-11,17H,2,7-9H2,1H3,(H,18,21);1H. The van der Waals surface area contributed by atoms with Crippen molar-refractivity contribution in [2.75, 3.05) is 19.6 Å². The van der Waals surface area contributed by atoms with Gasteiger partial charge in [0.15, 0.2) is 5.69 Å². The summed E-state index contributed by atoms with van der Waals surface area (Å²) in [6.07, 6.45) is 2.83. The Hall–Kier alpha value is -1.56. The van der Waals surface area contributed by atoms with Crippen molar-refractivity contribution in [1.29, 1.82) is 0 Å². The maximum atomic E-state index is 11.9. The van der Waals surface area contributed by atoms with E-state index >= 15 is 0 Å². The molecule has 1 heterocycles. The van der Waals surface area contributed by atoms with Gasteiger partial charge >= 0.3 is 0 Å². The first kappa shape index (κ1) is 18.5. The fraction of sp³-hybridized carbons (Fsp3) is 0.333. The molecule has 1 amide bonds. The molecule has 0 fully saturated rings. The molecule has 0 radical (unpaired) electrons. The van der Waals surface area contributed by atoms with E-state index in [-0.39, 0.29) is 18.3 Å². The summed E-state index contributed by atoms with van der Waals surface area (Å²) in [5, 5.41) is 11.0. The van der Waals surface area contributed by atoms with E-state index in [0.717, 1.165) is 25.2 Å². The number of halogens is 2. The quantitative estimate of drug-likeness (QED) is 0.760. The summed E-state index contributed by atoms with van der Waals surface area (Å²) in [5.74, 6) is -0.172. The van der Waals surface area contributed by atoms with E-state index in [9.17, 15) is 4.79 Å². The van der Waals surface area contributed by atoms with Crippen LogP contribution in [0.4, 0.5) is 0 Å². The van der Waals surface area contributed by atoms with Crippen LogP contribution in [-0.2, 0) is 0 Å². The Balaban J connectivity index is 0.00000242. The van der Waals surface area contributed by atoms with Gasteiger partial charge in [-0.05, 0) is 37.2 Å². The van der Waals surface area contributed by atoms with Gasteiger partial charge < -0.3 is 10.6 Å². The number of nitrogens with one attached hydrogen (secondary N) is 2. The molecule has 0 spiro atoms. The molecule has 1 aromatic carbocycles. The van der Waals surface area contributed by atoms with E-state index in [0.29, 0.717) is 17.3 Å². The van der Waals surface area contributed by atoms with Crippen molar-refractivity contribution < 1.29 is 4.79 Å². The summed E-state index contributed by atoms with van der Waals surface area (Å²) in [6, 6.07) is 9.01. The van der Waals surface area contributed by atoms with Crippen LogP contribution in [0.2, 0.25) is 5.02 Å². The van der Waals surface area contributed by atoms with Crippen LogP contribution in [0.15, 0.2) is 36.5 Å². The second-order valence-electron chi connectivity index (χ2n) is 4.63. The average molecular weight is 343 g/mol. The highest BCUT2D eigenvalue weighted by Crippen LogP contribution is 2.14. The minimum atomic E-state index is -0.172. The molecule has 0 atom stereocenters. The third kappa shape index (κ3) is 5.33. The molecule has 0 aliphatic heterocycles. The Labute approximate surface area is 141 Å². The van der Waals surface area contributed by atoms with Crippen molar-refractivity contribution >= 4 is 29.9 Å². The number of carbonyl (C=O) groups excluding carboxylic acids is 1. The summed E-state index contributed by atoms with van der Waals surface area (Å²) in [5.41, 5.74) is 1.22. The molecular formula is C15H20Cl2N4O. The minimum Gasteiger partial charge on any atom is -0.349 e. The monoisotopic (exact) mass is 342 g/mol. The van der Waals surface area contributed by atoms with Gasteiger partial charge in [0.05, 0.1) is 5.69 Å². The smallest absolute Gasteiger partial charge is 0.271 e. The van der Waals surface area contributed by atoms with E-state index in [2.05, 4.69) is 22.7 Å². The normalized spacial score (nSPS) is 10.1. The first-order valence-corrected chi connectivity index (χ1v) is 7.39. The van der Waals surface area contributed by atoms with Crippen molar-refractivity contribution in [3.05, 3.63) is 47.2 Å². The molecule has 120 valence electrons. The molecule has 0 aliphatic carbocycles. The van der Waals surface area contributed by atoms with Crippen molar-refractivity contribution in [2.45, 2.75) is 13.3 Å². The highest BCUT2D eigenvalue weighted by Gasteiger charge is 2.09. The largest absolute Gasteiger partial charge is 0.349 e.